The summed E-state index contributed by atoms with van der Waals surface area (Å²) in [4.78, 5) is 16.7. The Bertz CT molecular complexity index is 694. The number of morpholine rings is 1. The van der Waals surface area contributed by atoms with E-state index in [0.717, 1.165) is 45.0 Å². The van der Waals surface area contributed by atoms with Crippen LogP contribution in [0, 0.1) is 11.3 Å². The first kappa shape index (κ1) is 19.4. The maximum atomic E-state index is 11.7. The first-order valence-electron chi connectivity index (χ1n) is 9.67. The Hall–Kier alpha value is -2.36. The van der Waals surface area contributed by atoms with Gasteiger partial charge in [-0.05, 0) is 43.5 Å². The lowest BCUT2D eigenvalue weighted by atomic mass is 10.0. The summed E-state index contributed by atoms with van der Waals surface area (Å²) in [5.41, 5.74) is 2.03. The summed E-state index contributed by atoms with van der Waals surface area (Å²) in [6, 6.07) is 10.6. The largest absolute Gasteiger partial charge is 0.462 e. The van der Waals surface area contributed by atoms with Crippen molar-refractivity contribution < 1.29 is 14.3 Å². The molecule has 0 atom stereocenters. The molecule has 0 saturated carbocycles. The monoisotopic (exact) mass is 369 g/mol. The van der Waals surface area contributed by atoms with Crippen LogP contribution >= 0.6 is 0 Å². The molecule has 0 amide bonds. The van der Waals surface area contributed by atoms with Crippen LogP contribution in [-0.2, 0) is 14.3 Å². The highest BCUT2D eigenvalue weighted by Crippen LogP contribution is 2.24. The summed E-state index contributed by atoms with van der Waals surface area (Å²) < 4.78 is 10.3. The molecule has 1 aromatic carbocycles. The maximum Gasteiger partial charge on any atom is 0.348 e. The van der Waals surface area contributed by atoms with Gasteiger partial charge < -0.3 is 14.4 Å². The van der Waals surface area contributed by atoms with E-state index < -0.39 is 5.97 Å². The molecule has 0 bridgehead atoms. The van der Waals surface area contributed by atoms with E-state index in [1.54, 1.807) is 13.0 Å². The molecule has 0 spiro atoms. The minimum absolute atomic E-state index is 0.0240. The van der Waals surface area contributed by atoms with Crippen molar-refractivity contribution in [1.29, 1.82) is 5.26 Å². The fraction of sp³-hybridized carbons (Fsp3) is 0.524. The minimum Gasteiger partial charge on any atom is -0.462 e. The van der Waals surface area contributed by atoms with Gasteiger partial charge >= 0.3 is 5.97 Å². The van der Waals surface area contributed by atoms with Gasteiger partial charge in [0, 0.05) is 37.9 Å². The van der Waals surface area contributed by atoms with Gasteiger partial charge in [0.25, 0.3) is 0 Å². The molecule has 2 fully saturated rings. The third-order valence-corrected chi connectivity index (χ3v) is 5.21. The number of esters is 1. The van der Waals surface area contributed by atoms with Crippen molar-refractivity contribution >= 4 is 17.7 Å². The van der Waals surface area contributed by atoms with Gasteiger partial charge in [-0.15, -0.1) is 0 Å². The minimum atomic E-state index is -0.575. The maximum absolute atomic E-state index is 11.7. The molecule has 27 heavy (non-hydrogen) atoms. The van der Waals surface area contributed by atoms with Crippen LogP contribution in [0.5, 0.6) is 0 Å². The van der Waals surface area contributed by atoms with E-state index >= 15 is 0 Å². The summed E-state index contributed by atoms with van der Waals surface area (Å²) in [6.07, 6.45) is 3.92. The summed E-state index contributed by atoms with van der Waals surface area (Å²) in [6.45, 7) is 7.88. The van der Waals surface area contributed by atoms with Crippen molar-refractivity contribution in [1.82, 2.24) is 4.90 Å². The van der Waals surface area contributed by atoms with Crippen LogP contribution in [0.1, 0.15) is 25.3 Å². The number of piperidine rings is 1. The molecule has 0 unspecified atom stereocenters. The average Bonchev–Trinajstić information content (AvgIpc) is 2.73. The highest BCUT2D eigenvalue weighted by atomic mass is 16.5. The predicted molar refractivity (Wildman–Crippen MR) is 104 cm³/mol. The summed E-state index contributed by atoms with van der Waals surface area (Å²) in [5, 5.41) is 9.14. The number of nitriles is 1. The Morgan fingerprint density at radius 1 is 1.22 bits per heavy atom. The van der Waals surface area contributed by atoms with Gasteiger partial charge in [0.05, 0.1) is 19.8 Å². The van der Waals surface area contributed by atoms with Gasteiger partial charge in [0.2, 0.25) is 0 Å². The summed E-state index contributed by atoms with van der Waals surface area (Å²) in [7, 11) is 0. The van der Waals surface area contributed by atoms with Crippen LogP contribution in [0.3, 0.4) is 0 Å². The predicted octanol–water partition coefficient (Wildman–Crippen LogP) is 2.46. The van der Waals surface area contributed by atoms with Gasteiger partial charge in [0.15, 0.2) is 0 Å². The average molecular weight is 369 g/mol. The lowest BCUT2D eigenvalue weighted by Gasteiger charge is -2.40. The van der Waals surface area contributed by atoms with Crippen LogP contribution in [0.4, 0.5) is 5.69 Å². The molecule has 2 saturated heterocycles. The van der Waals surface area contributed by atoms with E-state index in [1.807, 2.05) is 18.2 Å². The highest BCUT2D eigenvalue weighted by Gasteiger charge is 2.25. The molecule has 0 aliphatic carbocycles. The van der Waals surface area contributed by atoms with Crippen LogP contribution in [0.15, 0.2) is 29.8 Å². The molecule has 1 aromatic rings. The quantitative estimate of drug-likeness (QED) is 0.451. The molecule has 6 nitrogen and oxygen atoms in total. The molecule has 6 heteroatoms. The molecule has 2 aliphatic rings. The molecule has 2 aliphatic heterocycles. The third-order valence-electron chi connectivity index (χ3n) is 5.21. The Kier molecular flexibility index (Phi) is 6.86. The molecule has 144 valence electrons. The fourth-order valence-electron chi connectivity index (χ4n) is 3.73. The van der Waals surface area contributed by atoms with Crippen molar-refractivity contribution in [3.05, 3.63) is 35.4 Å². The number of hydrogen-bond acceptors (Lipinski definition) is 6. The van der Waals surface area contributed by atoms with Crippen molar-refractivity contribution in [3.8, 4) is 6.07 Å². The van der Waals surface area contributed by atoms with Crippen LogP contribution in [0.25, 0.3) is 6.08 Å². The normalized spacial score (nSPS) is 19.6. The molecule has 0 radical (unpaired) electrons. The van der Waals surface area contributed by atoms with E-state index in [2.05, 4.69) is 21.9 Å². The number of ether oxygens (including phenoxy) is 2. The standard InChI is InChI=1S/C21H27N3O3/c1-2-27-21(25)18(16-22)15-17-3-5-19(6-4-17)23-9-7-20(8-10-23)24-11-13-26-14-12-24/h3-6,15,20H,2,7-14H2,1H3/b18-15+. The van der Waals surface area contributed by atoms with Gasteiger partial charge in [-0.1, -0.05) is 12.1 Å². The second-order valence-electron chi connectivity index (χ2n) is 6.85. The van der Waals surface area contributed by atoms with Crippen LogP contribution < -0.4 is 4.90 Å². The van der Waals surface area contributed by atoms with Gasteiger partial charge in [-0.25, -0.2) is 4.79 Å². The van der Waals surface area contributed by atoms with Crippen LogP contribution in [0.2, 0.25) is 0 Å². The van der Waals surface area contributed by atoms with E-state index in [1.165, 1.54) is 18.5 Å². The molecular weight excluding hydrogens is 342 g/mol. The Labute approximate surface area is 161 Å². The topological polar surface area (TPSA) is 65.8 Å². The Balaban J connectivity index is 1.58. The Morgan fingerprint density at radius 2 is 1.89 bits per heavy atom. The number of benzene rings is 1. The second kappa shape index (κ2) is 9.54. The second-order valence-corrected chi connectivity index (χ2v) is 6.85. The molecule has 0 aromatic heterocycles. The zero-order chi connectivity index (χ0) is 19.1. The first-order chi connectivity index (χ1) is 13.2. The number of rotatable bonds is 5. The number of anilines is 1. The number of carbonyl (C=O) groups excluding carboxylic acids is 1. The lowest BCUT2D eigenvalue weighted by Crippen LogP contribution is -2.49. The van der Waals surface area contributed by atoms with Crippen molar-refractivity contribution in [3.63, 3.8) is 0 Å². The SMILES string of the molecule is CCOC(=O)/C(C#N)=C/c1ccc(N2CCC(N3CCOCC3)CC2)cc1. The van der Waals surface area contributed by atoms with E-state index in [-0.39, 0.29) is 12.2 Å². The summed E-state index contributed by atoms with van der Waals surface area (Å²) in [5.74, 6) is -0.575. The van der Waals surface area contributed by atoms with E-state index in [0.29, 0.717) is 6.04 Å². The molecular formula is C21H27N3O3. The van der Waals surface area contributed by atoms with Crippen molar-refractivity contribution in [2.45, 2.75) is 25.8 Å². The molecule has 3 rings (SSSR count). The smallest absolute Gasteiger partial charge is 0.348 e. The van der Waals surface area contributed by atoms with E-state index in [4.69, 9.17) is 14.7 Å². The zero-order valence-corrected chi connectivity index (χ0v) is 15.9. The van der Waals surface area contributed by atoms with Gasteiger partial charge in [-0.2, -0.15) is 5.26 Å². The molecule has 0 N–H and O–H groups in total. The van der Waals surface area contributed by atoms with Crippen molar-refractivity contribution in [2.75, 3.05) is 50.9 Å². The number of nitrogens with zero attached hydrogens (tertiary/aromatic N) is 3. The number of hydrogen-bond donors (Lipinski definition) is 0. The fourth-order valence-corrected chi connectivity index (χ4v) is 3.73. The van der Waals surface area contributed by atoms with Gasteiger partial charge in [-0.3, -0.25) is 4.90 Å². The van der Waals surface area contributed by atoms with Crippen molar-refractivity contribution in [2.24, 2.45) is 0 Å². The third kappa shape index (κ3) is 5.09. The zero-order valence-electron chi connectivity index (χ0n) is 15.9. The number of carbonyl (C=O) groups is 1. The lowest BCUT2D eigenvalue weighted by molar-refractivity contribution is -0.137. The van der Waals surface area contributed by atoms with Crippen LogP contribution in [-0.4, -0.2) is 62.9 Å². The summed E-state index contributed by atoms with van der Waals surface area (Å²) >= 11 is 0. The first-order valence-corrected chi connectivity index (χ1v) is 9.67. The van der Waals surface area contributed by atoms with E-state index in [9.17, 15) is 4.79 Å². The molecule has 2 heterocycles. The van der Waals surface area contributed by atoms with Gasteiger partial charge in [0.1, 0.15) is 11.6 Å². The highest BCUT2D eigenvalue weighted by molar-refractivity contribution is 5.97. The Morgan fingerprint density at radius 3 is 2.48 bits per heavy atom.